The largest absolute Gasteiger partial charge is 0.370 e. The van der Waals surface area contributed by atoms with E-state index in [0.29, 0.717) is 5.82 Å². The summed E-state index contributed by atoms with van der Waals surface area (Å²) >= 11 is 0. The van der Waals surface area contributed by atoms with Gasteiger partial charge in [0.1, 0.15) is 5.82 Å². The quantitative estimate of drug-likeness (QED) is 0.874. The van der Waals surface area contributed by atoms with E-state index in [1.165, 1.54) is 12.8 Å². The van der Waals surface area contributed by atoms with Gasteiger partial charge in [-0.2, -0.15) is 0 Å². The molecule has 0 saturated carbocycles. The van der Waals surface area contributed by atoms with E-state index >= 15 is 0 Å². The van der Waals surface area contributed by atoms with E-state index in [1.54, 1.807) is 0 Å². The molecule has 2 rings (SSSR count). The first kappa shape index (κ1) is 12.9. The Morgan fingerprint density at radius 2 is 1.94 bits per heavy atom. The molecular weight excluding hydrogens is 226 g/mol. The van der Waals surface area contributed by atoms with Crippen LogP contribution in [0.2, 0.25) is 0 Å². The Labute approximate surface area is 108 Å². The number of nitrogens with one attached hydrogen (secondary N) is 1. The number of nitrogens with zero attached hydrogens (tertiary/aromatic N) is 2. The maximum Gasteiger partial charge on any atom is 0.230 e. The lowest BCUT2D eigenvalue weighted by atomic mass is 9.96. The first-order chi connectivity index (χ1) is 8.47. The van der Waals surface area contributed by atoms with Crippen molar-refractivity contribution in [3.8, 4) is 0 Å². The molecule has 1 aromatic rings. The summed E-state index contributed by atoms with van der Waals surface area (Å²) in [6.45, 7) is 7.88. The number of pyridine rings is 1. The van der Waals surface area contributed by atoms with E-state index in [1.807, 2.05) is 39.1 Å². The highest BCUT2D eigenvalue weighted by Crippen LogP contribution is 2.21. The fourth-order valence-electron chi connectivity index (χ4n) is 1.93. The van der Waals surface area contributed by atoms with Crippen molar-refractivity contribution in [1.29, 1.82) is 0 Å². The van der Waals surface area contributed by atoms with Crippen molar-refractivity contribution in [3.05, 3.63) is 18.3 Å². The number of hydrogen-bond acceptors (Lipinski definition) is 3. The van der Waals surface area contributed by atoms with Crippen molar-refractivity contribution in [2.75, 3.05) is 23.3 Å². The molecule has 1 saturated heterocycles. The van der Waals surface area contributed by atoms with E-state index < -0.39 is 5.41 Å². The van der Waals surface area contributed by atoms with Gasteiger partial charge in [-0.15, -0.1) is 0 Å². The van der Waals surface area contributed by atoms with Crippen molar-refractivity contribution in [3.63, 3.8) is 0 Å². The minimum atomic E-state index is -0.394. The lowest BCUT2D eigenvalue weighted by Gasteiger charge is -2.19. The lowest BCUT2D eigenvalue weighted by Crippen LogP contribution is -2.28. The van der Waals surface area contributed by atoms with E-state index in [0.717, 1.165) is 18.8 Å². The van der Waals surface area contributed by atoms with Gasteiger partial charge in [0, 0.05) is 18.5 Å². The second-order valence-corrected chi connectivity index (χ2v) is 5.80. The normalized spacial score (nSPS) is 15.8. The average molecular weight is 247 g/mol. The lowest BCUT2D eigenvalue weighted by molar-refractivity contribution is -0.123. The van der Waals surface area contributed by atoms with Crippen molar-refractivity contribution < 1.29 is 4.79 Å². The second kappa shape index (κ2) is 4.96. The van der Waals surface area contributed by atoms with Gasteiger partial charge in [-0.05, 0) is 25.0 Å². The van der Waals surface area contributed by atoms with Crippen LogP contribution in [0, 0.1) is 5.41 Å². The number of rotatable bonds is 2. The predicted octanol–water partition coefficient (Wildman–Crippen LogP) is 2.67. The number of anilines is 2. The fourth-order valence-corrected chi connectivity index (χ4v) is 1.93. The van der Waals surface area contributed by atoms with Crippen LogP contribution in [-0.2, 0) is 4.79 Å². The number of carbonyl (C=O) groups excluding carboxylic acids is 1. The summed E-state index contributed by atoms with van der Waals surface area (Å²) in [5, 5.41) is 2.83. The van der Waals surface area contributed by atoms with Crippen LogP contribution in [0.5, 0.6) is 0 Å². The van der Waals surface area contributed by atoms with E-state index in [4.69, 9.17) is 0 Å². The highest BCUT2D eigenvalue weighted by Gasteiger charge is 2.21. The van der Waals surface area contributed by atoms with Crippen molar-refractivity contribution in [1.82, 2.24) is 4.98 Å². The summed E-state index contributed by atoms with van der Waals surface area (Å²) in [6.07, 6.45) is 4.34. The Bertz CT molecular complexity index is 414. The molecule has 18 heavy (non-hydrogen) atoms. The predicted molar refractivity (Wildman–Crippen MR) is 73.8 cm³/mol. The molecule has 4 heteroatoms. The van der Waals surface area contributed by atoms with E-state index in [2.05, 4.69) is 15.2 Å². The zero-order chi connectivity index (χ0) is 13.2. The Hall–Kier alpha value is -1.58. The highest BCUT2D eigenvalue weighted by atomic mass is 16.2. The zero-order valence-corrected chi connectivity index (χ0v) is 11.4. The van der Waals surface area contributed by atoms with Crippen LogP contribution in [0.15, 0.2) is 18.3 Å². The standard InChI is InChI=1S/C14H21N3O/c1-14(2,3)13(18)16-12-7-6-11(10-15-12)17-8-4-5-9-17/h6-7,10H,4-5,8-9H2,1-3H3,(H,15,16,18). The van der Waals surface area contributed by atoms with Crippen LogP contribution >= 0.6 is 0 Å². The second-order valence-electron chi connectivity index (χ2n) is 5.80. The summed E-state index contributed by atoms with van der Waals surface area (Å²) in [7, 11) is 0. The molecule has 0 spiro atoms. The van der Waals surface area contributed by atoms with Crippen LogP contribution in [0.4, 0.5) is 11.5 Å². The minimum Gasteiger partial charge on any atom is -0.370 e. The number of aromatic nitrogens is 1. The molecule has 4 nitrogen and oxygen atoms in total. The van der Waals surface area contributed by atoms with Crippen LogP contribution in [0.3, 0.4) is 0 Å². The third kappa shape index (κ3) is 3.00. The monoisotopic (exact) mass is 247 g/mol. The third-order valence-corrected chi connectivity index (χ3v) is 3.14. The van der Waals surface area contributed by atoms with Gasteiger partial charge in [-0.1, -0.05) is 20.8 Å². The molecule has 0 atom stereocenters. The average Bonchev–Trinajstić information content (AvgIpc) is 2.82. The maximum absolute atomic E-state index is 11.8. The number of carbonyl (C=O) groups is 1. The Morgan fingerprint density at radius 3 is 2.44 bits per heavy atom. The van der Waals surface area contributed by atoms with Crippen molar-refractivity contribution in [2.45, 2.75) is 33.6 Å². The third-order valence-electron chi connectivity index (χ3n) is 3.14. The van der Waals surface area contributed by atoms with Crippen LogP contribution < -0.4 is 10.2 Å². The number of amides is 1. The molecule has 0 aromatic carbocycles. The van der Waals surface area contributed by atoms with Gasteiger partial charge in [-0.25, -0.2) is 4.98 Å². The summed E-state index contributed by atoms with van der Waals surface area (Å²) in [5.74, 6) is 0.613. The van der Waals surface area contributed by atoms with Gasteiger partial charge in [0.25, 0.3) is 0 Å². The molecule has 2 heterocycles. The summed E-state index contributed by atoms with van der Waals surface area (Å²) in [4.78, 5) is 18.4. The van der Waals surface area contributed by atoms with Crippen LogP contribution in [0.1, 0.15) is 33.6 Å². The molecule has 0 bridgehead atoms. The Balaban J connectivity index is 2.01. The maximum atomic E-state index is 11.8. The van der Waals surface area contributed by atoms with Crippen LogP contribution in [0.25, 0.3) is 0 Å². The van der Waals surface area contributed by atoms with Gasteiger partial charge in [0.2, 0.25) is 5.91 Å². The molecule has 0 unspecified atom stereocenters. The van der Waals surface area contributed by atoms with Crippen LogP contribution in [-0.4, -0.2) is 24.0 Å². The summed E-state index contributed by atoms with van der Waals surface area (Å²) in [6, 6.07) is 3.90. The minimum absolute atomic E-state index is 0.0103. The van der Waals surface area contributed by atoms with Crippen molar-refractivity contribution in [2.24, 2.45) is 5.41 Å². The smallest absolute Gasteiger partial charge is 0.230 e. The molecule has 1 aromatic heterocycles. The Morgan fingerprint density at radius 1 is 1.28 bits per heavy atom. The highest BCUT2D eigenvalue weighted by molar-refractivity contribution is 5.93. The topological polar surface area (TPSA) is 45.2 Å². The van der Waals surface area contributed by atoms with Gasteiger partial charge in [-0.3, -0.25) is 4.79 Å². The molecule has 1 amide bonds. The Kier molecular flexibility index (Phi) is 3.55. The molecule has 1 aliphatic heterocycles. The van der Waals surface area contributed by atoms with Gasteiger partial charge < -0.3 is 10.2 Å². The molecule has 1 fully saturated rings. The van der Waals surface area contributed by atoms with E-state index in [9.17, 15) is 4.79 Å². The first-order valence-electron chi connectivity index (χ1n) is 6.49. The zero-order valence-electron chi connectivity index (χ0n) is 11.4. The molecule has 0 aliphatic carbocycles. The van der Waals surface area contributed by atoms with E-state index in [-0.39, 0.29) is 5.91 Å². The first-order valence-corrected chi connectivity index (χ1v) is 6.49. The van der Waals surface area contributed by atoms with Gasteiger partial charge >= 0.3 is 0 Å². The molecule has 1 N–H and O–H groups in total. The molecule has 98 valence electrons. The summed E-state index contributed by atoms with van der Waals surface area (Å²) in [5.41, 5.74) is 0.747. The fraction of sp³-hybridized carbons (Fsp3) is 0.571. The van der Waals surface area contributed by atoms with Gasteiger partial charge in [0.05, 0.1) is 11.9 Å². The molecule has 1 aliphatic rings. The summed E-state index contributed by atoms with van der Waals surface area (Å²) < 4.78 is 0. The van der Waals surface area contributed by atoms with Gasteiger partial charge in [0.15, 0.2) is 0 Å². The molecule has 0 radical (unpaired) electrons. The number of hydrogen-bond donors (Lipinski definition) is 1. The molecular formula is C14H21N3O. The SMILES string of the molecule is CC(C)(C)C(=O)Nc1ccc(N2CCCC2)cn1. The van der Waals surface area contributed by atoms with Crippen molar-refractivity contribution >= 4 is 17.4 Å².